The van der Waals surface area contributed by atoms with Crippen LogP contribution in [-0.4, -0.2) is 41.7 Å². The molecule has 3 aromatic rings. The molecular formula is C22H26N6O2. The van der Waals surface area contributed by atoms with E-state index in [9.17, 15) is 9.59 Å². The molecule has 1 atom stereocenters. The molecule has 0 bridgehead atoms. The van der Waals surface area contributed by atoms with Gasteiger partial charge in [-0.3, -0.25) is 14.2 Å². The van der Waals surface area contributed by atoms with Gasteiger partial charge in [-0.25, -0.2) is 4.98 Å². The number of carbonyl (C=O) groups is 1. The van der Waals surface area contributed by atoms with Crippen molar-refractivity contribution in [3.8, 4) is 0 Å². The van der Waals surface area contributed by atoms with Crippen LogP contribution in [0.4, 0.5) is 0 Å². The molecule has 1 amide bonds. The fraction of sp³-hybridized carbons (Fsp3) is 0.500. The first kappa shape index (κ1) is 19.0. The topological polar surface area (TPSA) is 85.9 Å². The third kappa shape index (κ3) is 3.40. The Balaban J connectivity index is 1.32. The van der Waals surface area contributed by atoms with Crippen LogP contribution < -0.4 is 5.56 Å². The molecule has 1 aromatic carbocycles. The van der Waals surface area contributed by atoms with E-state index >= 15 is 0 Å². The minimum Gasteiger partial charge on any atom is -0.332 e. The molecule has 1 fully saturated rings. The van der Waals surface area contributed by atoms with Crippen molar-refractivity contribution in [3.05, 3.63) is 52.6 Å². The van der Waals surface area contributed by atoms with Crippen molar-refractivity contribution < 1.29 is 4.79 Å². The fourth-order valence-electron chi connectivity index (χ4n) is 4.71. The number of carbonyl (C=O) groups excluding carboxylic acids is 1. The van der Waals surface area contributed by atoms with Gasteiger partial charge >= 0.3 is 0 Å². The van der Waals surface area contributed by atoms with E-state index in [0.717, 1.165) is 56.8 Å². The molecular weight excluding hydrogens is 380 g/mol. The van der Waals surface area contributed by atoms with E-state index in [4.69, 9.17) is 0 Å². The van der Waals surface area contributed by atoms with E-state index in [1.54, 1.807) is 6.07 Å². The van der Waals surface area contributed by atoms with Gasteiger partial charge in [0.15, 0.2) is 5.82 Å². The zero-order valence-electron chi connectivity index (χ0n) is 17.0. The van der Waals surface area contributed by atoms with Crippen LogP contribution in [0.5, 0.6) is 0 Å². The number of nitrogens with zero attached hydrogens (tertiary/aromatic N) is 6. The predicted molar refractivity (Wildman–Crippen MR) is 112 cm³/mol. The molecule has 2 aliphatic heterocycles. The van der Waals surface area contributed by atoms with Crippen molar-refractivity contribution in [1.29, 1.82) is 0 Å². The zero-order chi connectivity index (χ0) is 20.5. The van der Waals surface area contributed by atoms with Gasteiger partial charge in [0, 0.05) is 32.5 Å². The van der Waals surface area contributed by atoms with Gasteiger partial charge in [-0.1, -0.05) is 18.6 Å². The van der Waals surface area contributed by atoms with Crippen LogP contribution in [0.25, 0.3) is 10.9 Å². The summed E-state index contributed by atoms with van der Waals surface area (Å²) in [6.45, 7) is 2.00. The zero-order valence-corrected chi connectivity index (χ0v) is 17.0. The summed E-state index contributed by atoms with van der Waals surface area (Å²) in [5.41, 5.74) is 0.575. The lowest BCUT2D eigenvalue weighted by Gasteiger charge is -2.25. The van der Waals surface area contributed by atoms with Crippen molar-refractivity contribution in [2.45, 2.75) is 64.1 Å². The van der Waals surface area contributed by atoms with E-state index in [0.29, 0.717) is 17.4 Å². The lowest BCUT2D eigenvalue weighted by Crippen LogP contribution is -2.33. The van der Waals surface area contributed by atoms with E-state index in [-0.39, 0.29) is 23.9 Å². The van der Waals surface area contributed by atoms with Gasteiger partial charge in [0.05, 0.1) is 23.3 Å². The summed E-state index contributed by atoms with van der Waals surface area (Å²) in [5.74, 6) is 2.04. The minimum atomic E-state index is -0.103. The summed E-state index contributed by atoms with van der Waals surface area (Å²) in [7, 11) is 0. The maximum Gasteiger partial charge on any atom is 0.261 e. The second kappa shape index (κ2) is 8.01. The molecule has 0 radical (unpaired) electrons. The van der Waals surface area contributed by atoms with Crippen LogP contribution in [0.15, 0.2) is 35.4 Å². The first-order valence-electron chi connectivity index (χ1n) is 10.9. The van der Waals surface area contributed by atoms with Crippen LogP contribution in [0.2, 0.25) is 0 Å². The SMILES string of the molecule is O=C(CCn1cnc2ccccc2c1=O)N1CCC[C@H]1c1nnc2n1CCCCC2. The molecule has 8 heteroatoms. The number of benzene rings is 1. The Morgan fingerprint density at radius 3 is 2.90 bits per heavy atom. The van der Waals surface area contributed by atoms with Gasteiger partial charge < -0.3 is 9.47 Å². The van der Waals surface area contributed by atoms with Crippen LogP contribution >= 0.6 is 0 Å². The molecule has 2 aromatic heterocycles. The van der Waals surface area contributed by atoms with Crippen LogP contribution in [0.3, 0.4) is 0 Å². The smallest absolute Gasteiger partial charge is 0.261 e. The van der Waals surface area contributed by atoms with Crippen LogP contribution in [0, 0.1) is 0 Å². The number of aryl methyl sites for hydroxylation is 2. The Morgan fingerprint density at radius 1 is 1.07 bits per heavy atom. The van der Waals surface area contributed by atoms with E-state index in [1.165, 1.54) is 17.3 Å². The number of rotatable bonds is 4. The molecule has 156 valence electrons. The van der Waals surface area contributed by atoms with Gasteiger partial charge in [-0.05, 0) is 37.8 Å². The van der Waals surface area contributed by atoms with Crippen molar-refractivity contribution in [1.82, 2.24) is 29.2 Å². The summed E-state index contributed by atoms with van der Waals surface area (Å²) in [4.78, 5) is 32.0. The van der Waals surface area contributed by atoms with E-state index < -0.39 is 0 Å². The van der Waals surface area contributed by atoms with Crippen LogP contribution in [0.1, 0.15) is 56.2 Å². The Hall–Kier alpha value is -3.03. The molecule has 0 N–H and O–H groups in total. The van der Waals surface area contributed by atoms with E-state index in [1.807, 2.05) is 23.1 Å². The quantitative estimate of drug-likeness (QED) is 0.664. The summed E-state index contributed by atoms with van der Waals surface area (Å²) in [6, 6.07) is 7.28. The summed E-state index contributed by atoms with van der Waals surface area (Å²) >= 11 is 0. The molecule has 5 rings (SSSR count). The number of hydrogen-bond acceptors (Lipinski definition) is 5. The summed E-state index contributed by atoms with van der Waals surface area (Å²) in [6.07, 6.45) is 8.17. The lowest BCUT2D eigenvalue weighted by atomic mass is 10.2. The van der Waals surface area contributed by atoms with Crippen molar-refractivity contribution in [2.24, 2.45) is 0 Å². The Morgan fingerprint density at radius 2 is 1.97 bits per heavy atom. The summed E-state index contributed by atoms with van der Waals surface area (Å²) < 4.78 is 3.77. The largest absolute Gasteiger partial charge is 0.332 e. The van der Waals surface area contributed by atoms with Crippen molar-refractivity contribution in [3.63, 3.8) is 0 Å². The fourth-order valence-corrected chi connectivity index (χ4v) is 4.71. The number of amides is 1. The second-order valence-corrected chi connectivity index (χ2v) is 8.19. The van der Waals surface area contributed by atoms with Gasteiger partial charge in [0.25, 0.3) is 5.56 Å². The maximum atomic E-state index is 13.1. The van der Waals surface area contributed by atoms with Gasteiger partial charge in [-0.15, -0.1) is 10.2 Å². The Labute approximate surface area is 174 Å². The minimum absolute atomic E-state index is 0.0108. The lowest BCUT2D eigenvalue weighted by molar-refractivity contribution is -0.132. The Bertz CT molecular complexity index is 1130. The number of hydrogen-bond donors (Lipinski definition) is 0. The average Bonchev–Trinajstić information content (AvgIpc) is 3.34. The molecule has 8 nitrogen and oxygen atoms in total. The molecule has 4 heterocycles. The molecule has 0 unspecified atom stereocenters. The first-order valence-corrected chi connectivity index (χ1v) is 10.9. The number of fused-ring (bicyclic) bond motifs is 2. The highest BCUT2D eigenvalue weighted by atomic mass is 16.2. The second-order valence-electron chi connectivity index (χ2n) is 8.19. The highest BCUT2D eigenvalue weighted by Gasteiger charge is 2.34. The predicted octanol–water partition coefficient (Wildman–Crippen LogP) is 2.47. The standard InChI is InChI=1S/C22H26N6O2/c29-20(11-14-26-15-23-17-8-4-3-7-16(17)22(26)30)27-13-6-9-18(27)21-25-24-19-10-2-1-5-12-28(19)21/h3-4,7-8,15,18H,1-2,5-6,9-14H2/t18-/m0/s1. The molecule has 0 saturated carbocycles. The third-order valence-electron chi connectivity index (χ3n) is 6.31. The summed E-state index contributed by atoms with van der Waals surface area (Å²) in [5, 5.41) is 9.47. The molecule has 0 aliphatic carbocycles. The molecule has 0 spiro atoms. The van der Waals surface area contributed by atoms with Gasteiger partial charge in [0.2, 0.25) is 5.91 Å². The number of aromatic nitrogens is 5. The van der Waals surface area contributed by atoms with Crippen LogP contribution in [-0.2, 0) is 24.3 Å². The normalized spacial score (nSPS) is 19.1. The highest BCUT2D eigenvalue weighted by Crippen LogP contribution is 2.32. The molecule has 30 heavy (non-hydrogen) atoms. The van der Waals surface area contributed by atoms with Crippen molar-refractivity contribution >= 4 is 16.8 Å². The monoisotopic (exact) mass is 406 g/mol. The highest BCUT2D eigenvalue weighted by molar-refractivity contribution is 5.78. The third-order valence-corrected chi connectivity index (χ3v) is 6.31. The Kier molecular flexibility index (Phi) is 5.06. The maximum absolute atomic E-state index is 13.1. The molecule has 1 saturated heterocycles. The number of likely N-dealkylation sites (tertiary alicyclic amines) is 1. The number of para-hydroxylation sites is 1. The average molecular weight is 406 g/mol. The first-order chi connectivity index (χ1) is 14.7. The van der Waals surface area contributed by atoms with Gasteiger partial charge in [0.1, 0.15) is 5.82 Å². The van der Waals surface area contributed by atoms with E-state index in [2.05, 4.69) is 19.7 Å². The van der Waals surface area contributed by atoms with Crippen molar-refractivity contribution in [2.75, 3.05) is 6.54 Å². The van der Waals surface area contributed by atoms with Gasteiger partial charge in [-0.2, -0.15) is 0 Å². The molecule has 2 aliphatic rings.